The second kappa shape index (κ2) is 9.99. The van der Waals surface area contributed by atoms with Crippen molar-refractivity contribution in [2.45, 2.75) is 18.2 Å². The molecular formula is C19H17Cl2N5O4S. The van der Waals surface area contributed by atoms with E-state index in [-0.39, 0.29) is 17.3 Å². The van der Waals surface area contributed by atoms with Gasteiger partial charge in [0.1, 0.15) is 5.75 Å². The molecule has 0 bridgehead atoms. The summed E-state index contributed by atoms with van der Waals surface area (Å²) < 4.78 is 7.60. The first-order chi connectivity index (χ1) is 14.7. The number of hydrogen-bond acceptors (Lipinski definition) is 7. The molecule has 1 unspecified atom stereocenters. The largest absolute Gasteiger partial charge is 0.481 e. The predicted octanol–water partition coefficient (Wildman–Crippen LogP) is 4.90. The molecule has 0 saturated heterocycles. The van der Waals surface area contributed by atoms with Gasteiger partial charge in [0.05, 0.1) is 15.7 Å². The Morgan fingerprint density at radius 2 is 1.97 bits per heavy atom. The minimum absolute atomic E-state index is 0.0461. The number of nitro benzene ring substituents is 1. The average molecular weight is 482 g/mol. The molecule has 12 heteroatoms. The first-order valence-electron chi connectivity index (χ1n) is 8.92. The Bertz CT molecular complexity index is 1110. The van der Waals surface area contributed by atoms with Gasteiger partial charge in [0, 0.05) is 29.9 Å². The fourth-order valence-electron chi connectivity index (χ4n) is 2.61. The molecule has 9 nitrogen and oxygen atoms in total. The number of hydrogen-bond donors (Lipinski definition) is 1. The number of nitrogens with one attached hydrogen (secondary N) is 1. The molecule has 2 aromatic carbocycles. The first-order valence-corrected chi connectivity index (χ1v) is 10.7. The van der Waals surface area contributed by atoms with E-state index in [9.17, 15) is 14.9 Å². The molecule has 0 radical (unpaired) electrons. The molecule has 162 valence electrons. The van der Waals surface area contributed by atoms with Gasteiger partial charge in [-0.1, -0.05) is 35.0 Å². The van der Waals surface area contributed by atoms with E-state index in [0.717, 1.165) is 0 Å². The lowest BCUT2D eigenvalue weighted by atomic mass is 10.3. The monoisotopic (exact) mass is 481 g/mol. The van der Waals surface area contributed by atoms with E-state index in [0.29, 0.717) is 32.5 Å². The predicted molar refractivity (Wildman–Crippen MR) is 119 cm³/mol. The Labute approximate surface area is 191 Å². The number of benzene rings is 2. The number of halogens is 2. The Morgan fingerprint density at radius 3 is 2.61 bits per heavy atom. The Hall–Kier alpha value is -2.82. The van der Waals surface area contributed by atoms with Crippen molar-refractivity contribution in [1.29, 1.82) is 0 Å². The van der Waals surface area contributed by atoms with Gasteiger partial charge in [-0.2, -0.15) is 0 Å². The second-order valence-electron chi connectivity index (χ2n) is 6.38. The normalized spacial score (nSPS) is 11.7. The third-order valence-electron chi connectivity index (χ3n) is 4.12. The van der Waals surface area contributed by atoms with E-state index in [4.69, 9.17) is 27.9 Å². The molecule has 0 aliphatic rings. The summed E-state index contributed by atoms with van der Waals surface area (Å²) in [7, 11) is 1.77. The van der Waals surface area contributed by atoms with E-state index in [1.54, 1.807) is 29.8 Å². The number of carbonyl (C=O) groups is 1. The number of aromatic nitrogens is 3. The van der Waals surface area contributed by atoms with E-state index >= 15 is 0 Å². The zero-order valence-corrected chi connectivity index (χ0v) is 18.7. The molecule has 1 heterocycles. The summed E-state index contributed by atoms with van der Waals surface area (Å²) >= 11 is 13.3. The number of non-ortho nitro benzene ring substituents is 1. The fourth-order valence-corrected chi connectivity index (χ4v) is 3.78. The van der Waals surface area contributed by atoms with E-state index < -0.39 is 11.0 Å². The number of anilines is 1. The molecule has 3 rings (SSSR count). The molecular weight excluding hydrogens is 465 g/mol. The second-order valence-corrected chi connectivity index (χ2v) is 8.16. The molecule has 31 heavy (non-hydrogen) atoms. The standard InChI is InChI=1S/C19H17Cl2N5O4S/c1-11(30-16-8-3-12(20)9-15(16)21)18-23-24-19(25(18)2)31-10-17(27)22-13-4-6-14(7-5-13)26(28)29/h3-9,11H,10H2,1-2H3,(H,22,27). The van der Waals surface area contributed by atoms with Crippen LogP contribution in [0, 0.1) is 10.1 Å². The SMILES string of the molecule is CC(Oc1ccc(Cl)cc1Cl)c1nnc(SCC(=O)Nc2ccc([N+](=O)[O-])cc2)n1C. The summed E-state index contributed by atoms with van der Waals surface area (Å²) in [5, 5.41) is 23.1. The summed E-state index contributed by atoms with van der Waals surface area (Å²) in [5.74, 6) is 0.837. The third kappa shape index (κ3) is 5.87. The number of ether oxygens (including phenoxy) is 1. The number of nitro groups is 1. The Morgan fingerprint density at radius 1 is 1.26 bits per heavy atom. The van der Waals surface area contributed by atoms with Crippen LogP contribution in [0.25, 0.3) is 0 Å². The van der Waals surface area contributed by atoms with Crippen LogP contribution in [0.4, 0.5) is 11.4 Å². The van der Waals surface area contributed by atoms with Crippen LogP contribution in [0.5, 0.6) is 5.75 Å². The lowest BCUT2D eigenvalue weighted by Gasteiger charge is -2.15. The quantitative estimate of drug-likeness (QED) is 0.276. The van der Waals surface area contributed by atoms with E-state index in [1.165, 1.54) is 36.0 Å². The molecule has 0 spiro atoms. The zero-order valence-electron chi connectivity index (χ0n) is 16.4. The molecule has 0 fully saturated rings. The third-order valence-corrected chi connectivity index (χ3v) is 5.67. The summed E-state index contributed by atoms with van der Waals surface area (Å²) in [6.45, 7) is 1.81. The molecule has 1 N–H and O–H groups in total. The van der Waals surface area contributed by atoms with Crippen molar-refractivity contribution in [2.24, 2.45) is 7.05 Å². The van der Waals surface area contributed by atoms with Crippen molar-refractivity contribution >= 4 is 52.2 Å². The van der Waals surface area contributed by atoms with Crippen molar-refractivity contribution in [2.75, 3.05) is 11.1 Å². The summed E-state index contributed by atoms with van der Waals surface area (Å²) in [6.07, 6.45) is -0.445. The van der Waals surface area contributed by atoms with Crippen molar-refractivity contribution in [3.05, 3.63) is 68.4 Å². The Balaban J connectivity index is 1.58. The molecule has 1 aromatic heterocycles. The maximum absolute atomic E-state index is 12.2. The number of nitrogens with zero attached hydrogens (tertiary/aromatic N) is 4. The van der Waals surface area contributed by atoms with Gasteiger partial charge in [0.2, 0.25) is 5.91 Å². The highest BCUT2D eigenvalue weighted by Gasteiger charge is 2.19. The van der Waals surface area contributed by atoms with Gasteiger partial charge in [-0.15, -0.1) is 10.2 Å². The number of thioether (sulfide) groups is 1. The minimum Gasteiger partial charge on any atom is -0.481 e. The zero-order chi connectivity index (χ0) is 22.5. The van der Waals surface area contributed by atoms with Crippen molar-refractivity contribution in [3.63, 3.8) is 0 Å². The van der Waals surface area contributed by atoms with Crippen LogP contribution in [0.15, 0.2) is 47.6 Å². The molecule has 1 atom stereocenters. The van der Waals surface area contributed by atoms with Gasteiger partial charge in [-0.05, 0) is 37.3 Å². The van der Waals surface area contributed by atoms with Gasteiger partial charge < -0.3 is 14.6 Å². The molecule has 0 aliphatic heterocycles. The topological polar surface area (TPSA) is 112 Å². The maximum Gasteiger partial charge on any atom is 0.269 e. The summed E-state index contributed by atoms with van der Waals surface area (Å²) in [4.78, 5) is 22.4. The van der Waals surface area contributed by atoms with Gasteiger partial charge in [-0.25, -0.2) is 0 Å². The number of carbonyl (C=O) groups excluding carboxylic acids is 1. The highest BCUT2D eigenvalue weighted by atomic mass is 35.5. The Kier molecular flexibility index (Phi) is 7.37. The van der Waals surface area contributed by atoms with E-state index in [1.807, 2.05) is 6.92 Å². The molecule has 0 saturated carbocycles. The molecule has 0 aliphatic carbocycles. The van der Waals surface area contributed by atoms with Crippen molar-refractivity contribution in [1.82, 2.24) is 14.8 Å². The van der Waals surface area contributed by atoms with Crippen LogP contribution >= 0.6 is 35.0 Å². The highest BCUT2D eigenvalue weighted by Crippen LogP contribution is 2.31. The van der Waals surface area contributed by atoms with Crippen LogP contribution in [-0.4, -0.2) is 31.3 Å². The van der Waals surface area contributed by atoms with Gasteiger partial charge >= 0.3 is 0 Å². The lowest BCUT2D eigenvalue weighted by molar-refractivity contribution is -0.384. The average Bonchev–Trinajstić information content (AvgIpc) is 3.09. The summed E-state index contributed by atoms with van der Waals surface area (Å²) in [5.41, 5.74) is 0.423. The smallest absolute Gasteiger partial charge is 0.269 e. The number of rotatable bonds is 8. The van der Waals surface area contributed by atoms with Gasteiger partial charge in [0.25, 0.3) is 5.69 Å². The molecule has 1 amide bonds. The van der Waals surface area contributed by atoms with E-state index in [2.05, 4.69) is 15.5 Å². The highest BCUT2D eigenvalue weighted by molar-refractivity contribution is 7.99. The maximum atomic E-state index is 12.2. The van der Waals surface area contributed by atoms with Gasteiger partial charge in [-0.3, -0.25) is 14.9 Å². The van der Waals surface area contributed by atoms with Crippen LogP contribution in [-0.2, 0) is 11.8 Å². The van der Waals surface area contributed by atoms with Gasteiger partial charge in [0.15, 0.2) is 17.1 Å². The van der Waals surface area contributed by atoms with Crippen LogP contribution in [0.3, 0.4) is 0 Å². The lowest BCUT2D eigenvalue weighted by Crippen LogP contribution is -2.15. The molecule has 3 aromatic rings. The fraction of sp³-hybridized carbons (Fsp3) is 0.211. The van der Waals surface area contributed by atoms with Crippen LogP contribution in [0.1, 0.15) is 18.9 Å². The summed E-state index contributed by atoms with van der Waals surface area (Å²) in [6, 6.07) is 10.5. The minimum atomic E-state index is -0.501. The first kappa shape index (κ1) is 22.9. The number of amides is 1. The van der Waals surface area contributed by atoms with Crippen LogP contribution in [0.2, 0.25) is 10.0 Å². The van der Waals surface area contributed by atoms with Crippen molar-refractivity contribution in [3.8, 4) is 5.75 Å². The van der Waals surface area contributed by atoms with Crippen LogP contribution < -0.4 is 10.1 Å². The van der Waals surface area contributed by atoms with Crippen molar-refractivity contribution < 1.29 is 14.5 Å².